The Morgan fingerprint density at radius 3 is 2.21 bits per heavy atom. The highest BCUT2D eigenvalue weighted by molar-refractivity contribution is 5.73. The molecular weight excluding hydrogens is 532 g/mol. The average molecular weight is 593 g/mol. The van der Waals surface area contributed by atoms with Gasteiger partial charge in [0.15, 0.2) is 0 Å². The van der Waals surface area contributed by atoms with Gasteiger partial charge in [0.25, 0.3) is 0 Å². The highest BCUT2D eigenvalue weighted by Gasteiger charge is 2.33. The van der Waals surface area contributed by atoms with E-state index in [0.29, 0.717) is 0 Å². The number of rotatable bonds is 17. The van der Waals surface area contributed by atoms with E-state index in [4.69, 9.17) is 14.2 Å². The van der Waals surface area contributed by atoms with E-state index in [9.17, 15) is 4.79 Å². The molecule has 4 nitrogen and oxygen atoms in total. The lowest BCUT2D eigenvalue weighted by Crippen LogP contribution is -2.36. The lowest BCUT2D eigenvalue weighted by atomic mass is 9.85. The number of benzene rings is 2. The van der Waals surface area contributed by atoms with E-state index in [1.807, 2.05) is 38.1 Å². The molecule has 0 radical (unpaired) electrons. The van der Waals surface area contributed by atoms with Crippen molar-refractivity contribution in [2.45, 2.75) is 151 Å². The minimum absolute atomic E-state index is 0.113. The number of aryl methyl sites for hydroxylation is 1. The molecule has 0 bridgehead atoms. The van der Waals surface area contributed by atoms with Gasteiger partial charge in [-0.1, -0.05) is 84.8 Å². The van der Waals surface area contributed by atoms with Crippen molar-refractivity contribution in [3.05, 3.63) is 52.6 Å². The fourth-order valence-corrected chi connectivity index (χ4v) is 6.52. The molecule has 1 aliphatic rings. The molecule has 1 aliphatic heterocycles. The topological polar surface area (TPSA) is 44.8 Å². The van der Waals surface area contributed by atoms with E-state index in [1.54, 1.807) is 0 Å². The summed E-state index contributed by atoms with van der Waals surface area (Å²) in [6.45, 7) is 19.8. The van der Waals surface area contributed by atoms with Crippen LogP contribution in [0.5, 0.6) is 17.2 Å². The Morgan fingerprint density at radius 2 is 1.56 bits per heavy atom. The van der Waals surface area contributed by atoms with E-state index >= 15 is 0 Å². The molecule has 1 heterocycles. The number of hydrogen-bond donors (Lipinski definition) is 0. The highest BCUT2D eigenvalue weighted by atomic mass is 16.5. The number of carbonyl (C=O) groups excluding carboxylic acids is 1. The van der Waals surface area contributed by atoms with Crippen LogP contribution in [0.15, 0.2) is 30.3 Å². The Balaban J connectivity index is 1.51. The molecule has 3 unspecified atom stereocenters. The zero-order valence-electron chi connectivity index (χ0n) is 28.8. The summed E-state index contributed by atoms with van der Waals surface area (Å²) in [5, 5.41) is 0. The molecule has 0 spiro atoms. The van der Waals surface area contributed by atoms with Crippen molar-refractivity contribution in [1.82, 2.24) is 0 Å². The summed E-state index contributed by atoms with van der Waals surface area (Å²) in [4.78, 5) is 12.1. The maximum atomic E-state index is 12.1. The molecule has 0 amide bonds. The molecular formula is C39H60O4. The molecule has 0 N–H and O–H groups in total. The highest BCUT2D eigenvalue weighted by Crippen LogP contribution is 2.43. The Bertz CT molecular complexity index is 1170. The lowest BCUT2D eigenvalue weighted by molar-refractivity contribution is -0.146. The van der Waals surface area contributed by atoms with Crippen LogP contribution in [0, 0.1) is 31.6 Å². The summed E-state index contributed by atoms with van der Waals surface area (Å²) in [6.07, 6.45) is 14.0. The first-order chi connectivity index (χ1) is 20.3. The van der Waals surface area contributed by atoms with Gasteiger partial charge in [0.2, 0.25) is 0 Å². The van der Waals surface area contributed by atoms with Crippen LogP contribution in [-0.2, 0) is 22.4 Å². The van der Waals surface area contributed by atoms with E-state index in [2.05, 4.69) is 54.5 Å². The molecule has 4 heteroatoms. The largest absolute Gasteiger partial charge is 0.487 e. The molecule has 0 fully saturated rings. The minimum atomic E-state index is -0.222. The molecule has 2 aromatic carbocycles. The quantitative estimate of drug-likeness (QED) is 0.171. The average Bonchev–Trinajstić information content (AvgIpc) is 2.90. The molecule has 0 saturated heterocycles. The Hall–Kier alpha value is -2.49. The van der Waals surface area contributed by atoms with Crippen LogP contribution in [-0.4, -0.2) is 17.7 Å². The van der Waals surface area contributed by atoms with Gasteiger partial charge in [-0.2, -0.15) is 0 Å². The van der Waals surface area contributed by atoms with Crippen LogP contribution in [0.3, 0.4) is 0 Å². The SMILES string of the molecule is Cc1cc2c(c(C)c1Oc1cccc(CC(=O)OC(C)C)c1)CCC(C)(CCCC(C)CCCC(C)CCCC(C)C)O2. The Morgan fingerprint density at radius 1 is 0.907 bits per heavy atom. The molecule has 3 rings (SSSR count). The van der Waals surface area contributed by atoms with Gasteiger partial charge >= 0.3 is 5.97 Å². The van der Waals surface area contributed by atoms with Gasteiger partial charge in [0.1, 0.15) is 22.8 Å². The number of carbonyl (C=O) groups is 1. The van der Waals surface area contributed by atoms with Crippen LogP contribution in [0.1, 0.15) is 135 Å². The number of ether oxygens (including phenoxy) is 3. The van der Waals surface area contributed by atoms with Gasteiger partial charge in [0.05, 0.1) is 12.5 Å². The molecule has 2 aromatic rings. The van der Waals surface area contributed by atoms with E-state index in [-0.39, 0.29) is 24.1 Å². The first kappa shape index (κ1) is 35.0. The van der Waals surface area contributed by atoms with Gasteiger partial charge in [-0.15, -0.1) is 0 Å². The molecule has 0 aromatic heterocycles. The zero-order chi connectivity index (χ0) is 31.6. The van der Waals surface area contributed by atoms with Gasteiger partial charge < -0.3 is 14.2 Å². The van der Waals surface area contributed by atoms with Crippen molar-refractivity contribution >= 4 is 5.97 Å². The van der Waals surface area contributed by atoms with Crippen LogP contribution in [0.4, 0.5) is 0 Å². The molecule has 3 atom stereocenters. The van der Waals surface area contributed by atoms with Crippen molar-refractivity contribution in [2.24, 2.45) is 17.8 Å². The normalized spacial score (nSPS) is 17.8. The zero-order valence-corrected chi connectivity index (χ0v) is 28.8. The maximum Gasteiger partial charge on any atom is 0.310 e. The first-order valence-electron chi connectivity index (χ1n) is 17.1. The fourth-order valence-electron chi connectivity index (χ4n) is 6.52. The first-order valence-corrected chi connectivity index (χ1v) is 17.1. The monoisotopic (exact) mass is 592 g/mol. The fraction of sp³-hybridized carbons (Fsp3) is 0.667. The Kier molecular flexibility index (Phi) is 13.5. The summed E-state index contributed by atoms with van der Waals surface area (Å²) in [5.41, 5.74) is 4.24. The predicted octanol–water partition coefficient (Wildman–Crippen LogP) is 11.1. The summed E-state index contributed by atoms with van der Waals surface area (Å²) >= 11 is 0. The second kappa shape index (κ2) is 16.5. The van der Waals surface area contributed by atoms with Gasteiger partial charge in [-0.25, -0.2) is 0 Å². The smallest absolute Gasteiger partial charge is 0.310 e. The van der Waals surface area contributed by atoms with E-state index in [1.165, 1.54) is 56.9 Å². The summed E-state index contributed by atoms with van der Waals surface area (Å²) in [7, 11) is 0. The minimum Gasteiger partial charge on any atom is -0.487 e. The van der Waals surface area contributed by atoms with Crippen molar-refractivity contribution in [1.29, 1.82) is 0 Å². The van der Waals surface area contributed by atoms with Gasteiger partial charge in [-0.05, 0) is 113 Å². The van der Waals surface area contributed by atoms with Crippen LogP contribution in [0.2, 0.25) is 0 Å². The number of fused-ring (bicyclic) bond motifs is 1. The predicted molar refractivity (Wildman–Crippen MR) is 179 cm³/mol. The van der Waals surface area contributed by atoms with Gasteiger partial charge in [0, 0.05) is 5.56 Å². The Labute approximate surface area is 263 Å². The second-order valence-electron chi connectivity index (χ2n) is 14.5. The molecule has 43 heavy (non-hydrogen) atoms. The summed E-state index contributed by atoms with van der Waals surface area (Å²) in [6, 6.07) is 9.90. The standard InChI is InChI=1S/C39H60O4/c1-27(2)14-10-15-29(5)16-11-17-30(6)18-13-22-39(9)23-21-35-32(8)38(31(7)24-36(35)43-39)42-34-20-12-19-33(25-34)26-37(40)41-28(3)4/h12,19-20,24-25,27-30H,10-11,13-18,21-23,26H2,1-9H3. The summed E-state index contributed by atoms with van der Waals surface area (Å²) in [5.74, 6) is 4.89. The lowest BCUT2D eigenvalue weighted by Gasteiger charge is -2.37. The van der Waals surface area contributed by atoms with E-state index < -0.39 is 0 Å². The molecule has 0 aliphatic carbocycles. The van der Waals surface area contributed by atoms with Crippen molar-refractivity contribution in [2.75, 3.05) is 0 Å². The van der Waals surface area contributed by atoms with Crippen molar-refractivity contribution in [3.8, 4) is 17.2 Å². The van der Waals surface area contributed by atoms with E-state index in [0.717, 1.165) is 71.0 Å². The summed E-state index contributed by atoms with van der Waals surface area (Å²) < 4.78 is 18.5. The second-order valence-corrected chi connectivity index (χ2v) is 14.5. The van der Waals surface area contributed by atoms with Gasteiger partial charge in [-0.3, -0.25) is 4.79 Å². The third-order valence-corrected chi connectivity index (χ3v) is 9.17. The van der Waals surface area contributed by atoms with Crippen molar-refractivity contribution in [3.63, 3.8) is 0 Å². The van der Waals surface area contributed by atoms with Crippen LogP contribution >= 0.6 is 0 Å². The molecule has 240 valence electrons. The number of esters is 1. The van der Waals surface area contributed by atoms with Crippen LogP contribution < -0.4 is 9.47 Å². The number of hydrogen-bond acceptors (Lipinski definition) is 4. The third-order valence-electron chi connectivity index (χ3n) is 9.17. The third kappa shape index (κ3) is 11.5. The van der Waals surface area contributed by atoms with Crippen LogP contribution in [0.25, 0.3) is 0 Å². The molecule has 0 saturated carbocycles. The van der Waals surface area contributed by atoms with Crippen molar-refractivity contribution < 1.29 is 19.0 Å². The maximum absolute atomic E-state index is 12.1.